The molecule has 0 fully saturated rings. The van der Waals surface area contributed by atoms with E-state index in [2.05, 4.69) is 43.3 Å². The average Bonchev–Trinajstić information content (AvgIpc) is 2.35. The normalized spacial score (nSPS) is 11.5. The highest BCUT2D eigenvalue weighted by atomic mass is 35.5. The molecule has 1 aromatic rings. The maximum absolute atomic E-state index is 12.0. The lowest BCUT2D eigenvalue weighted by molar-refractivity contribution is 0.0924. The summed E-state index contributed by atoms with van der Waals surface area (Å²) < 4.78 is 0. The van der Waals surface area contributed by atoms with Gasteiger partial charge in [0, 0.05) is 19.8 Å². The molecule has 0 bridgehead atoms. The molecule has 19 heavy (non-hydrogen) atoms. The Bertz CT molecular complexity index is 458. The number of nitrogens with one attached hydrogen (secondary N) is 2. The van der Waals surface area contributed by atoms with E-state index in [4.69, 9.17) is 11.6 Å². The van der Waals surface area contributed by atoms with Gasteiger partial charge in [-0.15, -0.1) is 0 Å². The lowest BCUT2D eigenvalue weighted by atomic mass is 9.81. The topological polar surface area (TPSA) is 54.0 Å². The van der Waals surface area contributed by atoms with Crippen molar-refractivity contribution in [3.8, 4) is 0 Å². The molecule has 0 aliphatic heterocycles. The van der Waals surface area contributed by atoms with Gasteiger partial charge in [-0.2, -0.15) is 0 Å². The number of halogens is 1. The van der Waals surface area contributed by atoms with E-state index in [0.29, 0.717) is 28.9 Å². The van der Waals surface area contributed by atoms with Crippen LogP contribution in [0.5, 0.6) is 0 Å². The Balaban J connectivity index is 2.72. The number of hydrogen-bond acceptors (Lipinski definition) is 3. The van der Waals surface area contributed by atoms with Crippen LogP contribution in [-0.4, -0.2) is 24.5 Å². The fourth-order valence-electron chi connectivity index (χ4n) is 1.36. The Morgan fingerprint density at radius 2 is 2.11 bits per heavy atom. The third-order valence-corrected chi connectivity index (χ3v) is 3.90. The maximum Gasteiger partial charge on any atom is 0.252 e. The van der Waals surface area contributed by atoms with Crippen LogP contribution in [-0.2, 0) is 0 Å². The monoisotopic (exact) mass is 283 g/mol. The van der Waals surface area contributed by atoms with E-state index in [9.17, 15) is 4.79 Å². The Kier molecular flexibility index (Phi) is 5.18. The largest absolute Gasteiger partial charge is 0.372 e. The van der Waals surface area contributed by atoms with Crippen LogP contribution in [0, 0.1) is 11.3 Å². The first-order chi connectivity index (χ1) is 8.77. The molecule has 4 nitrogen and oxygen atoms in total. The highest BCUT2D eigenvalue weighted by Crippen LogP contribution is 2.25. The second kappa shape index (κ2) is 6.24. The van der Waals surface area contributed by atoms with Gasteiger partial charge in [0.2, 0.25) is 0 Å². The van der Waals surface area contributed by atoms with Gasteiger partial charge >= 0.3 is 0 Å². The number of nitrogens with zero attached hydrogens (tertiary/aromatic N) is 1. The lowest BCUT2D eigenvalue weighted by Gasteiger charge is -2.29. The predicted octanol–water partition coefficient (Wildman–Crippen LogP) is 3.19. The first-order valence-electron chi connectivity index (χ1n) is 6.39. The Morgan fingerprint density at radius 1 is 1.47 bits per heavy atom. The molecule has 0 radical (unpaired) electrons. The van der Waals surface area contributed by atoms with Gasteiger partial charge in [-0.25, -0.2) is 4.98 Å². The zero-order valence-electron chi connectivity index (χ0n) is 12.2. The number of pyridine rings is 1. The van der Waals surface area contributed by atoms with E-state index in [1.807, 2.05) is 0 Å². The van der Waals surface area contributed by atoms with Crippen molar-refractivity contribution >= 4 is 23.3 Å². The van der Waals surface area contributed by atoms with Gasteiger partial charge in [-0.3, -0.25) is 4.79 Å². The second-order valence-corrected chi connectivity index (χ2v) is 6.04. The molecule has 1 heterocycles. The number of aromatic nitrogens is 1. The van der Waals surface area contributed by atoms with Crippen LogP contribution >= 0.6 is 11.6 Å². The van der Waals surface area contributed by atoms with Gasteiger partial charge in [0.15, 0.2) is 0 Å². The number of rotatable bonds is 5. The summed E-state index contributed by atoms with van der Waals surface area (Å²) in [7, 11) is 1.74. The molecule has 0 aliphatic rings. The van der Waals surface area contributed by atoms with Gasteiger partial charge in [0.05, 0.1) is 10.6 Å². The number of amides is 1. The highest BCUT2D eigenvalue weighted by Gasteiger charge is 2.23. The average molecular weight is 284 g/mol. The molecule has 0 aliphatic carbocycles. The van der Waals surface area contributed by atoms with Gasteiger partial charge in [-0.05, 0) is 17.4 Å². The third kappa shape index (κ3) is 4.10. The van der Waals surface area contributed by atoms with Crippen LogP contribution in [0.1, 0.15) is 38.1 Å². The van der Waals surface area contributed by atoms with Gasteiger partial charge in [0.25, 0.3) is 5.91 Å². The van der Waals surface area contributed by atoms with E-state index in [0.717, 1.165) is 0 Å². The van der Waals surface area contributed by atoms with E-state index in [-0.39, 0.29) is 11.3 Å². The van der Waals surface area contributed by atoms with Crippen LogP contribution in [0.3, 0.4) is 0 Å². The number of carbonyl (C=O) groups excluding carboxylic acids is 1. The van der Waals surface area contributed by atoms with Gasteiger partial charge in [0.1, 0.15) is 5.82 Å². The van der Waals surface area contributed by atoms with Crippen molar-refractivity contribution in [3.05, 3.63) is 22.8 Å². The van der Waals surface area contributed by atoms with E-state index >= 15 is 0 Å². The maximum atomic E-state index is 12.0. The molecule has 0 aromatic carbocycles. The lowest BCUT2D eigenvalue weighted by Crippen LogP contribution is -2.37. The molecule has 0 saturated heterocycles. The summed E-state index contributed by atoms with van der Waals surface area (Å²) in [5.74, 6) is 0.910. The first kappa shape index (κ1) is 15.8. The Hall–Kier alpha value is -1.29. The first-order valence-corrected chi connectivity index (χ1v) is 6.77. The van der Waals surface area contributed by atoms with Crippen LogP contribution < -0.4 is 10.6 Å². The van der Waals surface area contributed by atoms with E-state index in [1.165, 1.54) is 6.20 Å². The quantitative estimate of drug-likeness (QED) is 0.872. The van der Waals surface area contributed by atoms with Crippen molar-refractivity contribution in [1.29, 1.82) is 0 Å². The van der Waals surface area contributed by atoms with Crippen molar-refractivity contribution in [1.82, 2.24) is 10.3 Å². The van der Waals surface area contributed by atoms with Crippen molar-refractivity contribution < 1.29 is 4.79 Å². The molecule has 5 heteroatoms. The Morgan fingerprint density at radius 3 is 2.58 bits per heavy atom. The molecule has 106 valence electrons. The van der Waals surface area contributed by atoms with Crippen molar-refractivity contribution in [2.45, 2.75) is 27.7 Å². The summed E-state index contributed by atoms with van der Waals surface area (Å²) in [6.07, 6.45) is 1.52. The molecule has 1 rings (SSSR count). The van der Waals surface area contributed by atoms with Crippen LogP contribution in [0.4, 0.5) is 5.82 Å². The summed E-state index contributed by atoms with van der Waals surface area (Å²) in [6.45, 7) is 9.17. The summed E-state index contributed by atoms with van der Waals surface area (Å²) in [6, 6.07) is 1.62. The van der Waals surface area contributed by atoms with Crippen molar-refractivity contribution in [3.63, 3.8) is 0 Å². The third-order valence-electron chi connectivity index (χ3n) is 3.61. The van der Waals surface area contributed by atoms with Crippen LogP contribution in [0.15, 0.2) is 12.3 Å². The molecule has 0 spiro atoms. The molecule has 1 amide bonds. The molecule has 1 aromatic heterocycles. The fraction of sp³-hybridized carbons (Fsp3) is 0.571. The van der Waals surface area contributed by atoms with Gasteiger partial charge < -0.3 is 10.6 Å². The zero-order valence-corrected chi connectivity index (χ0v) is 12.9. The number of carbonyl (C=O) groups is 1. The molecule has 0 unspecified atom stereocenters. The number of anilines is 1. The molecular formula is C14H22ClN3O. The number of hydrogen-bond donors (Lipinski definition) is 2. The van der Waals surface area contributed by atoms with Crippen molar-refractivity contribution in [2.24, 2.45) is 11.3 Å². The minimum atomic E-state index is -0.147. The summed E-state index contributed by atoms with van der Waals surface area (Å²) in [5, 5.41) is 6.23. The molecular weight excluding hydrogens is 262 g/mol. The minimum Gasteiger partial charge on any atom is -0.372 e. The molecule has 0 atom stereocenters. The van der Waals surface area contributed by atoms with Crippen LogP contribution in [0.2, 0.25) is 5.02 Å². The van der Waals surface area contributed by atoms with Gasteiger partial charge in [-0.1, -0.05) is 39.3 Å². The minimum absolute atomic E-state index is 0.0534. The summed E-state index contributed by atoms with van der Waals surface area (Å²) >= 11 is 6.01. The molecule has 0 saturated carbocycles. The summed E-state index contributed by atoms with van der Waals surface area (Å²) in [5.41, 5.74) is 0.529. The van der Waals surface area contributed by atoms with E-state index < -0.39 is 0 Å². The van der Waals surface area contributed by atoms with Crippen molar-refractivity contribution in [2.75, 3.05) is 18.9 Å². The SMILES string of the molecule is CNc1ncc(C(=O)NCC(C)(C)C(C)C)cc1Cl. The smallest absolute Gasteiger partial charge is 0.252 e. The highest BCUT2D eigenvalue weighted by molar-refractivity contribution is 6.33. The summed E-state index contributed by atoms with van der Waals surface area (Å²) in [4.78, 5) is 16.1. The van der Waals surface area contributed by atoms with E-state index in [1.54, 1.807) is 13.1 Å². The second-order valence-electron chi connectivity index (χ2n) is 5.63. The predicted molar refractivity (Wildman–Crippen MR) is 79.7 cm³/mol. The standard InChI is InChI=1S/C14H22ClN3O/c1-9(2)14(3,4)8-18-13(19)10-6-11(15)12(16-5)17-7-10/h6-7,9H,8H2,1-5H3,(H,16,17)(H,18,19). The molecule has 2 N–H and O–H groups in total. The fourth-order valence-corrected chi connectivity index (χ4v) is 1.62. The Labute approximate surface area is 120 Å². The van der Waals surface area contributed by atoms with Crippen LogP contribution in [0.25, 0.3) is 0 Å². The zero-order chi connectivity index (χ0) is 14.6.